The molecule has 0 fully saturated rings. The summed E-state index contributed by atoms with van der Waals surface area (Å²) in [5.74, 6) is -0.421. The largest absolute Gasteiger partial charge is 0.465 e. The average Bonchev–Trinajstić information content (AvgIpc) is 2.91. The lowest BCUT2D eigenvalue weighted by Crippen LogP contribution is -2.25. The van der Waals surface area contributed by atoms with Crippen molar-refractivity contribution in [2.24, 2.45) is 0 Å². The summed E-state index contributed by atoms with van der Waals surface area (Å²) in [5.41, 5.74) is 3.01. The highest BCUT2D eigenvalue weighted by atomic mass is 35.5. The third-order valence-electron chi connectivity index (χ3n) is 3.65. The van der Waals surface area contributed by atoms with Crippen molar-refractivity contribution in [3.05, 3.63) is 51.9 Å². The molecule has 0 unspecified atom stereocenters. The Morgan fingerprint density at radius 3 is 2.54 bits per heavy atom. The van der Waals surface area contributed by atoms with E-state index < -0.39 is 0 Å². The van der Waals surface area contributed by atoms with Gasteiger partial charge in [0.1, 0.15) is 0 Å². The van der Waals surface area contributed by atoms with Crippen LogP contribution in [0.5, 0.6) is 0 Å². The standard InChI is InChI=1S/C17H19ClN2O4/c1-11-14(16(18)24-20-11)7-8-15(21)19-10-9-12-3-5-13(6-4-12)17(22)23-2/h3-6H,7-10H2,1-2H3,(H,19,21). The van der Waals surface area contributed by atoms with Crippen LogP contribution in [0.25, 0.3) is 0 Å². The fourth-order valence-electron chi connectivity index (χ4n) is 2.24. The molecule has 0 saturated heterocycles. The number of esters is 1. The summed E-state index contributed by atoms with van der Waals surface area (Å²) in [6.45, 7) is 2.31. The Balaban J connectivity index is 1.73. The molecule has 128 valence electrons. The summed E-state index contributed by atoms with van der Waals surface area (Å²) in [4.78, 5) is 23.2. The van der Waals surface area contributed by atoms with Gasteiger partial charge in [-0.15, -0.1) is 0 Å². The van der Waals surface area contributed by atoms with Crippen molar-refractivity contribution < 1.29 is 18.8 Å². The molecule has 0 atom stereocenters. The second-order valence-corrected chi connectivity index (χ2v) is 5.65. The van der Waals surface area contributed by atoms with Gasteiger partial charge in [-0.25, -0.2) is 4.79 Å². The summed E-state index contributed by atoms with van der Waals surface area (Å²) in [5, 5.41) is 6.85. The van der Waals surface area contributed by atoms with Gasteiger partial charge in [0, 0.05) is 18.5 Å². The number of ether oxygens (including phenoxy) is 1. The quantitative estimate of drug-likeness (QED) is 0.776. The van der Waals surface area contributed by atoms with Crippen molar-refractivity contribution in [1.29, 1.82) is 0 Å². The van der Waals surface area contributed by atoms with E-state index in [1.165, 1.54) is 7.11 Å². The second kappa shape index (κ2) is 8.49. The number of hydrogen-bond acceptors (Lipinski definition) is 5. The van der Waals surface area contributed by atoms with E-state index in [1.807, 2.05) is 12.1 Å². The van der Waals surface area contributed by atoms with E-state index >= 15 is 0 Å². The van der Waals surface area contributed by atoms with Gasteiger partial charge in [-0.3, -0.25) is 4.79 Å². The van der Waals surface area contributed by atoms with Crippen molar-refractivity contribution in [2.45, 2.75) is 26.2 Å². The minimum atomic E-state index is -0.363. The van der Waals surface area contributed by atoms with Crippen molar-refractivity contribution in [3.63, 3.8) is 0 Å². The Hall–Kier alpha value is -2.34. The van der Waals surface area contributed by atoms with Gasteiger partial charge in [0.2, 0.25) is 11.1 Å². The maximum atomic E-state index is 11.9. The number of hydrogen-bond donors (Lipinski definition) is 1. The molecule has 0 aliphatic rings. The normalized spacial score (nSPS) is 10.5. The zero-order valence-electron chi connectivity index (χ0n) is 13.6. The van der Waals surface area contributed by atoms with E-state index in [0.717, 1.165) is 11.1 Å². The molecular weight excluding hydrogens is 332 g/mol. The third kappa shape index (κ3) is 4.83. The van der Waals surface area contributed by atoms with E-state index in [0.29, 0.717) is 37.1 Å². The number of nitrogens with zero attached hydrogens (tertiary/aromatic N) is 1. The van der Waals surface area contributed by atoms with Crippen LogP contribution in [0.4, 0.5) is 0 Å². The zero-order valence-corrected chi connectivity index (χ0v) is 14.4. The summed E-state index contributed by atoms with van der Waals surface area (Å²) >= 11 is 5.86. The Morgan fingerprint density at radius 2 is 1.96 bits per heavy atom. The molecule has 2 rings (SSSR count). The number of carbonyl (C=O) groups excluding carboxylic acids is 2. The predicted octanol–water partition coefficient (Wildman–Crippen LogP) is 2.71. The van der Waals surface area contributed by atoms with Crippen molar-refractivity contribution in [3.8, 4) is 0 Å². The van der Waals surface area contributed by atoms with Crippen LogP contribution in [0.15, 0.2) is 28.8 Å². The second-order valence-electron chi connectivity index (χ2n) is 5.31. The van der Waals surface area contributed by atoms with Crippen LogP contribution in [-0.2, 0) is 22.4 Å². The first-order valence-electron chi connectivity index (χ1n) is 7.56. The lowest BCUT2D eigenvalue weighted by molar-refractivity contribution is -0.121. The fourth-order valence-corrected chi connectivity index (χ4v) is 2.50. The first kappa shape index (κ1) is 18.0. The molecule has 1 N–H and O–H groups in total. The summed E-state index contributed by atoms with van der Waals surface area (Å²) in [7, 11) is 1.35. The van der Waals surface area contributed by atoms with Gasteiger partial charge in [0.15, 0.2) is 0 Å². The van der Waals surface area contributed by atoms with Gasteiger partial charge in [0.05, 0.1) is 18.4 Å². The Morgan fingerprint density at radius 1 is 1.25 bits per heavy atom. The van der Waals surface area contributed by atoms with Crippen molar-refractivity contribution >= 4 is 23.5 Å². The van der Waals surface area contributed by atoms with Gasteiger partial charge in [-0.1, -0.05) is 17.3 Å². The monoisotopic (exact) mass is 350 g/mol. The zero-order chi connectivity index (χ0) is 17.5. The van der Waals surface area contributed by atoms with E-state index in [2.05, 4.69) is 15.2 Å². The number of nitrogens with one attached hydrogen (secondary N) is 1. The van der Waals surface area contributed by atoms with Crippen LogP contribution < -0.4 is 5.32 Å². The third-order valence-corrected chi connectivity index (χ3v) is 3.95. The van der Waals surface area contributed by atoms with Crippen LogP contribution in [0.2, 0.25) is 5.22 Å². The first-order valence-corrected chi connectivity index (χ1v) is 7.93. The average molecular weight is 351 g/mol. The molecule has 0 bridgehead atoms. The van der Waals surface area contributed by atoms with E-state index in [9.17, 15) is 9.59 Å². The summed E-state index contributed by atoms with van der Waals surface area (Å²) in [6, 6.07) is 7.11. The first-order chi connectivity index (χ1) is 11.5. The van der Waals surface area contributed by atoms with Gasteiger partial charge >= 0.3 is 5.97 Å². The van der Waals surface area contributed by atoms with E-state index in [1.54, 1.807) is 19.1 Å². The van der Waals surface area contributed by atoms with Crippen molar-refractivity contribution in [1.82, 2.24) is 10.5 Å². The summed E-state index contributed by atoms with van der Waals surface area (Å²) in [6.07, 6.45) is 1.50. The Bertz CT molecular complexity index is 690. The maximum Gasteiger partial charge on any atom is 0.337 e. The fraction of sp³-hybridized carbons (Fsp3) is 0.353. The minimum Gasteiger partial charge on any atom is -0.465 e. The van der Waals surface area contributed by atoms with Crippen molar-refractivity contribution in [2.75, 3.05) is 13.7 Å². The highest BCUT2D eigenvalue weighted by Gasteiger charge is 2.12. The number of amides is 1. The molecule has 1 amide bonds. The molecule has 1 aromatic heterocycles. The maximum absolute atomic E-state index is 11.9. The molecular formula is C17H19ClN2O4. The number of methoxy groups -OCH3 is 1. The number of benzene rings is 1. The van der Waals surface area contributed by atoms with Crippen LogP contribution in [0.3, 0.4) is 0 Å². The van der Waals surface area contributed by atoms with Gasteiger partial charge < -0.3 is 14.6 Å². The van der Waals surface area contributed by atoms with Gasteiger partial charge in [0.25, 0.3) is 0 Å². The number of aryl methyl sites for hydroxylation is 1. The lowest BCUT2D eigenvalue weighted by Gasteiger charge is -2.06. The topological polar surface area (TPSA) is 81.4 Å². The van der Waals surface area contributed by atoms with E-state index in [4.69, 9.17) is 16.1 Å². The lowest BCUT2D eigenvalue weighted by atomic mass is 10.1. The summed E-state index contributed by atoms with van der Waals surface area (Å²) < 4.78 is 9.50. The van der Waals surface area contributed by atoms with Gasteiger partial charge in [-0.05, 0) is 49.1 Å². The highest BCUT2D eigenvalue weighted by Crippen LogP contribution is 2.20. The molecule has 6 nitrogen and oxygen atoms in total. The highest BCUT2D eigenvalue weighted by molar-refractivity contribution is 6.29. The smallest absolute Gasteiger partial charge is 0.337 e. The Labute approximate surface area is 145 Å². The predicted molar refractivity (Wildman–Crippen MR) is 89.1 cm³/mol. The number of rotatable bonds is 7. The minimum absolute atomic E-state index is 0.0575. The molecule has 0 radical (unpaired) electrons. The molecule has 24 heavy (non-hydrogen) atoms. The van der Waals surface area contributed by atoms with Crippen LogP contribution >= 0.6 is 11.6 Å². The molecule has 0 saturated carbocycles. The molecule has 0 aliphatic heterocycles. The van der Waals surface area contributed by atoms with Crippen LogP contribution in [-0.4, -0.2) is 30.7 Å². The Kier molecular flexibility index (Phi) is 6.37. The molecule has 1 aromatic carbocycles. The van der Waals surface area contributed by atoms with Crippen LogP contribution in [0.1, 0.15) is 33.6 Å². The van der Waals surface area contributed by atoms with E-state index in [-0.39, 0.29) is 17.1 Å². The number of carbonyl (C=O) groups is 2. The molecule has 0 spiro atoms. The SMILES string of the molecule is COC(=O)c1ccc(CCNC(=O)CCc2c(C)noc2Cl)cc1. The van der Waals surface area contributed by atoms with Gasteiger partial charge in [-0.2, -0.15) is 0 Å². The molecule has 1 heterocycles. The number of halogens is 1. The molecule has 2 aromatic rings. The molecule has 0 aliphatic carbocycles. The molecule has 7 heteroatoms. The van der Waals surface area contributed by atoms with Crippen LogP contribution in [0, 0.1) is 6.92 Å². The number of aromatic nitrogens is 1.